The van der Waals surface area contributed by atoms with Crippen molar-refractivity contribution in [2.45, 2.75) is 103 Å². The van der Waals surface area contributed by atoms with Crippen LogP contribution in [0.25, 0.3) is 22.3 Å². The molecule has 0 bridgehead atoms. The van der Waals surface area contributed by atoms with Crippen molar-refractivity contribution in [3.8, 4) is 33.8 Å². The third-order valence-electron chi connectivity index (χ3n) is 11.0. The van der Waals surface area contributed by atoms with Gasteiger partial charge in [0.1, 0.15) is 11.5 Å². The Bertz CT molecular complexity index is 1810. The highest BCUT2D eigenvalue weighted by Crippen LogP contribution is 2.55. The summed E-state index contributed by atoms with van der Waals surface area (Å²) in [5.41, 5.74) is 11.7. The zero-order valence-electron chi connectivity index (χ0n) is 29.4. The average molecular weight is 641 g/mol. The van der Waals surface area contributed by atoms with Gasteiger partial charge in [0.15, 0.2) is 0 Å². The number of aliphatic imine (C=N–C) groups is 2. The molecular weight excluding hydrogens is 588 g/mol. The number of phenols is 2. The minimum Gasteiger partial charge on any atom is -0.507 e. The van der Waals surface area contributed by atoms with Gasteiger partial charge in [0.05, 0.1) is 0 Å². The van der Waals surface area contributed by atoms with Crippen LogP contribution in [0, 0.1) is 0 Å². The molecule has 4 aromatic rings. The van der Waals surface area contributed by atoms with E-state index in [0.29, 0.717) is 13.1 Å². The largest absolute Gasteiger partial charge is 0.507 e. The average Bonchev–Trinajstić information content (AvgIpc) is 3.50. The number of fused-ring (bicyclic) bond motifs is 6. The van der Waals surface area contributed by atoms with Gasteiger partial charge in [0.2, 0.25) is 0 Å². The maximum absolute atomic E-state index is 11.1. The lowest BCUT2D eigenvalue weighted by Crippen LogP contribution is -2.25. The van der Waals surface area contributed by atoms with Crippen molar-refractivity contribution < 1.29 is 10.2 Å². The SMILES string of the molecule is CCCCC1(CCCC)c2ccccc2-c2cc(O)c(/C=N/CCC/N=C/c3cc4c(cc3O)-c3ccccc3[C@]4(C)CCCC)cc21. The zero-order valence-corrected chi connectivity index (χ0v) is 29.4. The second-order valence-electron chi connectivity index (χ2n) is 14.2. The Morgan fingerprint density at radius 1 is 0.542 bits per heavy atom. The predicted molar refractivity (Wildman–Crippen MR) is 202 cm³/mol. The molecule has 4 nitrogen and oxygen atoms in total. The van der Waals surface area contributed by atoms with Crippen molar-refractivity contribution in [2.24, 2.45) is 9.98 Å². The van der Waals surface area contributed by atoms with Gasteiger partial charge in [0, 0.05) is 47.5 Å². The molecule has 2 aliphatic carbocycles. The van der Waals surface area contributed by atoms with Crippen LogP contribution in [0.1, 0.15) is 125 Å². The smallest absolute Gasteiger partial charge is 0.124 e. The molecular formula is C44H52N2O2. The van der Waals surface area contributed by atoms with Crippen molar-refractivity contribution in [3.63, 3.8) is 0 Å². The lowest BCUT2D eigenvalue weighted by Gasteiger charge is -2.33. The Kier molecular flexibility index (Phi) is 10.2. The molecule has 0 saturated heterocycles. The molecule has 0 radical (unpaired) electrons. The van der Waals surface area contributed by atoms with Crippen molar-refractivity contribution in [2.75, 3.05) is 13.1 Å². The number of hydrogen-bond acceptors (Lipinski definition) is 4. The van der Waals surface area contributed by atoms with E-state index in [4.69, 9.17) is 4.99 Å². The second kappa shape index (κ2) is 14.5. The molecule has 4 aromatic carbocycles. The first-order valence-electron chi connectivity index (χ1n) is 18.3. The van der Waals surface area contributed by atoms with E-state index in [0.717, 1.165) is 55.2 Å². The van der Waals surface area contributed by atoms with Gasteiger partial charge in [-0.3, -0.25) is 9.98 Å². The summed E-state index contributed by atoms with van der Waals surface area (Å²) in [6.07, 6.45) is 14.8. The van der Waals surface area contributed by atoms with E-state index in [1.807, 2.05) is 24.6 Å². The fourth-order valence-electron chi connectivity index (χ4n) is 8.34. The number of aromatic hydroxyl groups is 2. The van der Waals surface area contributed by atoms with Crippen molar-refractivity contribution in [3.05, 3.63) is 106 Å². The van der Waals surface area contributed by atoms with Crippen LogP contribution < -0.4 is 0 Å². The summed E-state index contributed by atoms with van der Waals surface area (Å²) in [6, 6.07) is 25.7. The molecule has 4 heteroatoms. The number of hydrogen-bond donors (Lipinski definition) is 2. The summed E-state index contributed by atoms with van der Waals surface area (Å²) in [5.74, 6) is 0.556. The molecule has 0 aliphatic heterocycles. The Hall–Kier alpha value is -4.18. The molecule has 0 saturated carbocycles. The molecule has 2 aliphatic rings. The topological polar surface area (TPSA) is 65.2 Å². The van der Waals surface area contributed by atoms with Crippen molar-refractivity contribution in [1.82, 2.24) is 0 Å². The van der Waals surface area contributed by atoms with Crippen molar-refractivity contribution in [1.29, 1.82) is 0 Å². The van der Waals surface area contributed by atoms with Crippen LogP contribution in [0.2, 0.25) is 0 Å². The van der Waals surface area contributed by atoms with Crippen LogP contribution in [-0.4, -0.2) is 35.7 Å². The van der Waals surface area contributed by atoms with Crippen LogP contribution in [0.4, 0.5) is 0 Å². The van der Waals surface area contributed by atoms with Crippen LogP contribution in [0.5, 0.6) is 11.5 Å². The summed E-state index contributed by atoms with van der Waals surface area (Å²) in [5, 5.41) is 22.0. The van der Waals surface area contributed by atoms with E-state index in [2.05, 4.69) is 93.4 Å². The molecule has 0 aromatic heterocycles. The molecule has 2 N–H and O–H groups in total. The number of rotatable bonds is 15. The van der Waals surface area contributed by atoms with Crippen LogP contribution in [-0.2, 0) is 10.8 Å². The molecule has 0 spiro atoms. The predicted octanol–water partition coefficient (Wildman–Crippen LogP) is 11.1. The fourth-order valence-corrected chi connectivity index (χ4v) is 8.34. The zero-order chi connectivity index (χ0) is 33.7. The van der Waals surface area contributed by atoms with Gasteiger partial charge in [0.25, 0.3) is 0 Å². The molecule has 48 heavy (non-hydrogen) atoms. The Labute approximate surface area is 287 Å². The van der Waals surface area contributed by atoms with Crippen LogP contribution in [0.15, 0.2) is 82.8 Å². The van der Waals surface area contributed by atoms with E-state index in [1.165, 1.54) is 64.6 Å². The first-order valence-corrected chi connectivity index (χ1v) is 18.3. The van der Waals surface area contributed by atoms with Gasteiger partial charge < -0.3 is 10.2 Å². The summed E-state index contributed by atoms with van der Waals surface area (Å²) in [6.45, 7) is 10.4. The number of nitrogens with zero attached hydrogens (tertiary/aromatic N) is 2. The number of benzene rings is 4. The highest BCUT2D eigenvalue weighted by Gasteiger charge is 2.42. The molecule has 0 amide bonds. The second-order valence-corrected chi connectivity index (χ2v) is 14.2. The first kappa shape index (κ1) is 33.7. The van der Waals surface area contributed by atoms with Gasteiger partial charge in [-0.05, 0) is 94.5 Å². The van der Waals surface area contributed by atoms with E-state index >= 15 is 0 Å². The summed E-state index contributed by atoms with van der Waals surface area (Å²) < 4.78 is 0. The normalized spacial score (nSPS) is 17.2. The summed E-state index contributed by atoms with van der Waals surface area (Å²) in [7, 11) is 0. The van der Waals surface area contributed by atoms with Crippen LogP contribution in [0.3, 0.4) is 0 Å². The monoisotopic (exact) mass is 640 g/mol. The van der Waals surface area contributed by atoms with Gasteiger partial charge in [-0.25, -0.2) is 0 Å². The fraction of sp³-hybridized carbons (Fsp3) is 0.409. The van der Waals surface area contributed by atoms with Gasteiger partial charge >= 0.3 is 0 Å². The Morgan fingerprint density at radius 3 is 1.60 bits per heavy atom. The molecule has 250 valence electrons. The maximum atomic E-state index is 11.1. The Morgan fingerprint density at radius 2 is 1.02 bits per heavy atom. The van der Waals surface area contributed by atoms with Crippen LogP contribution >= 0.6 is 0 Å². The highest BCUT2D eigenvalue weighted by molar-refractivity contribution is 5.91. The Balaban J connectivity index is 1.15. The lowest BCUT2D eigenvalue weighted by molar-refractivity contribution is 0.413. The van der Waals surface area contributed by atoms with E-state index in [1.54, 1.807) is 0 Å². The molecule has 0 unspecified atom stereocenters. The minimum absolute atomic E-state index is 0.0116. The molecule has 0 heterocycles. The van der Waals surface area contributed by atoms with Gasteiger partial charge in [-0.2, -0.15) is 0 Å². The van der Waals surface area contributed by atoms with Gasteiger partial charge in [-0.1, -0.05) is 115 Å². The maximum Gasteiger partial charge on any atom is 0.124 e. The molecule has 0 fully saturated rings. The number of phenolic OH excluding ortho intramolecular Hbond substituents is 2. The highest BCUT2D eigenvalue weighted by atomic mass is 16.3. The molecule has 6 rings (SSSR count). The minimum atomic E-state index is -0.0650. The van der Waals surface area contributed by atoms with E-state index in [9.17, 15) is 10.2 Å². The van der Waals surface area contributed by atoms with Crippen molar-refractivity contribution >= 4 is 12.4 Å². The summed E-state index contributed by atoms with van der Waals surface area (Å²) in [4.78, 5) is 9.41. The third-order valence-corrected chi connectivity index (χ3v) is 11.0. The van der Waals surface area contributed by atoms with Gasteiger partial charge in [-0.15, -0.1) is 0 Å². The van der Waals surface area contributed by atoms with E-state index in [-0.39, 0.29) is 22.3 Å². The third kappa shape index (κ3) is 6.11. The van der Waals surface area contributed by atoms with E-state index < -0.39 is 0 Å². The first-order chi connectivity index (χ1) is 23.4. The summed E-state index contributed by atoms with van der Waals surface area (Å²) >= 11 is 0. The molecule has 1 atom stereocenters. The quantitative estimate of drug-likeness (QED) is 0.100. The standard InChI is InChI=1S/C44H52N2O2/c1-5-8-20-43(4)37-18-13-11-16-33(37)35-27-41(47)31(25-39(35)43)29-45-23-15-24-46-30-32-26-40-36(28-42(32)48)34-17-12-14-19-38(34)44(40,21-9-6-2)22-10-7-3/h11-14,16-19,25-30,47-48H,5-10,15,20-24H2,1-4H3/b45-29+,46-30+/t43-/m0/s1. The number of unbranched alkanes of at least 4 members (excludes halogenated alkanes) is 3. The lowest BCUT2D eigenvalue weighted by atomic mass is 9.70.